The second-order valence-corrected chi connectivity index (χ2v) is 7.60. The molecule has 3 N–H and O–H groups in total. The molecule has 1 aliphatic carbocycles. The summed E-state index contributed by atoms with van der Waals surface area (Å²) in [6.07, 6.45) is 5.11. The predicted octanol–water partition coefficient (Wildman–Crippen LogP) is 3.96. The van der Waals surface area contributed by atoms with Crippen LogP contribution < -0.4 is 11.1 Å². The Morgan fingerprint density at radius 2 is 2.20 bits per heavy atom. The van der Waals surface area contributed by atoms with Gasteiger partial charge < -0.3 is 11.1 Å². The third-order valence-electron chi connectivity index (χ3n) is 4.16. The summed E-state index contributed by atoms with van der Waals surface area (Å²) in [6, 6.07) is 3.23. The van der Waals surface area contributed by atoms with Crippen molar-refractivity contribution in [3.63, 3.8) is 0 Å². The van der Waals surface area contributed by atoms with Crippen LogP contribution in [0.5, 0.6) is 0 Å². The Hall–Kier alpha value is -0.710. The van der Waals surface area contributed by atoms with Crippen LogP contribution in [0.25, 0.3) is 0 Å². The monoisotopic (exact) mass is 310 g/mol. The first-order valence-electron chi connectivity index (χ1n) is 7.11. The first kappa shape index (κ1) is 14.2. The Labute approximate surface area is 128 Å². The predicted molar refractivity (Wildman–Crippen MR) is 84.3 cm³/mol. The van der Waals surface area contributed by atoms with E-state index in [1.54, 1.807) is 0 Å². The lowest BCUT2D eigenvalue weighted by Crippen LogP contribution is -2.19. The molecule has 0 bridgehead atoms. The maximum absolute atomic E-state index is 11.6. The van der Waals surface area contributed by atoms with E-state index >= 15 is 0 Å². The Balaban J connectivity index is 1.81. The lowest BCUT2D eigenvalue weighted by Gasteiger charge is -2.26. The first-order valence-corrected chi connectivity index (χ1v) is 8.37. The van der Waals surface area contributed by atoms with E-state index in [9.17, 15) is 4.79 Å². The number of benzene rings is 1. The van der Waals surface area contributed by atoms with Gasteiger partial charge in [-0.3, -0.25) is 4.79 Å². The van der Waals surface area contributed by atoms with E-state index in [0.29, 0.717) is 10.3 Å². The summed E-state index contributed by atoms with van der Waals surface area (Å²) in [5, 5.41) is 4.16. The Morgan fingerprint density at radius 1 is 1.40 bits per heavy atom. The van der Waals surface area contributed by atoms with Gasteiger partial charge in [-0.15, -0.1) is 11.8 Å². The summed E-state index contributed by atoms with van der Waals surface area (Å²) < 4.78 is 0. The highest BCUT2D eigenvalue weighted by Gasteiger charge is 2.29. The molecule has 3 rings (SSSR count). The van der Waals surface area contributed by atoms with Gasteiger partial charge in [0.15, 0.2) is 0 Å². The molecule has 108 valence electrons. The fourth-order valence-electron chi connectivity index (χ4n) is 3.04. The van der Waals surface area contributed by atoms with Crippen molar-refractivity contribution in [3.8, 4) is 0 Å². The van der Waals surface area contributed by atoms with Gasteiger partial charge in [0, 0.05) is 21.4 Å². The molecule has 0 saturated heterocycles. The van der Waals surface area contributed by atoms with E-state index in [1.165, 1.54) is 25.7 Å². The van der Waals surface area contributed by atoms with E-state index in [2.05, 4.69) is 12.2 Å². The van der Waals surface area contributed by atoms with Crippen molar-refractivity contribution in [2.75, 3.05) is 5.32 Å². The Bertz CT molecular complexity index is 549. The van der Waals surface area contributed by atoms with E-state index in [4.69, 9.17) is 17.3 Å². The zero-order valence-electron chi connectivity index (χ0n) is 11.5. The molecule has 1 aromatic carbocycles. The van der Waals surface area contributed by atoms with Crippen LogP contribution in [0.2, 0.25) is 5.02 Å². The van der Waals surface area contributed by atoms with Crippen molar-refractivity contribution in [1.82, 2.24) is 0 Å². The number of carbonyl (C=O) groups is 1. The van der Waals surface area contributed by atoms with Gasteiger partial charge in [0.2, 0.25) is 5.91 Å². The fourth-order valence-corrected chi connectivity index (χ4v) is 4.77. The van der Waals surface area contributed by atoms with Gasteiger partial charge in [0.05, 0.1) is 5.02 Å². The number of amides is 1. The van der Waals surface area contributed by atoms with E-state index in [-0.39, 0.29) is 5.91 Å². The van der Waals surface area contributed by atoms with Crippen LogP contribution in [0.3, 0.4) is 0 Å². The number of carbonyl (C=O) groups excluding carboxylic acids is 1. The summed E-state index contributed by atoms with van der Waals surface area (Å²) in [4.78, 5) is 12.7. The van der Waals surface area contributed by atoms with Crippen LogP contribution in [0.15, 0.2) is 17.0 Å². The van der Waals surface area contributed by atoms with Crippen LogP contribution in [-0.4, -0.2) is 11.2 Å². The smallest absolute Gasteiger partial charge is 0.245 e. The number of hydrogen-bond acceptors (Lipinski definition) is 3. The standard InChI is InChI=1S/C15H19ClN2OS/c1-8-3-2-4-9(5-8)20-13-7-12-10(6-11(13)16)14(17)15(19)18-12/h6-9,14H,2-5,17H2,1H3,(H,18,19). The average Bonchev–Trinajstić information content (AvgIpc) is 2.66. The SMILES string of the molecule is CC1CCCC(Sc2cc3c(cc2Cl)C(N)C(=O)N3)C1. The number of thioether (sulfide) groups is 1. The van der Waals surface area contributed by atoms with Crippen molar-refractivity contribution >= 4 is 35.0 Å². The molecule has 3 unspecified atom stereocenters. The van der Waals surface area contributed by atoms with Crippen molar-refractivity contribution in [2.24, 2.45) is 11.7 Å². The molecule has 3 nitrogen and oxygen atoms in total. The van der Waals surface area contributed by atoms with Crippen molar-refractivity contribution in [1.29, 1.82) is 0 Å². The van der Waals surface area contributed by atoms with Crippen molar-refractivity contribution in [2.45, 2.75) is 48.8 Å². The van der Waals surface area contributed by atoms with Gasteiger partial charge in [-0.05, 0) is 30.9 Å². The second-order valence-electron chi connectivity index (χ2n) is 5.85. The topological polar surface area (TPSA) is 55.1 Å². The van der Waals surface area contributed by atoms with E-state index < -0.39 is 6.04 Å². The quantitative estimate of drug-likeness (QED) is 0.869. The number of rotatable bonds is 2. The maximum atomic E-state index is 11.6. The van der Waals surface area contributed by atoms with E-state index in [1.807, 2.05) is 23.9 Å². The third kappa shape index (κ3) is 2.69. The molecule has 0 spiro atoms. The number of fused-ring (bicyclic) bond motifs is 1. The highest BCUT2D eigenvalue weighted by molar-refractivity contribution is 8.00. The lowest BCUT2D eigenvalue weighted by atomic mass is 9.91. The molecule has 20 heavy (non-hydrogen) atoms. The molecule has 1 aliphatic heterocycles. The van der Waals surface area contributed by atoms with Crippen LogP contribution >= 0.6 is 23.4 Å². The van der Waals surface area contributed by atoms with Gasteiger partial charge >= 0.3 is 0 Å². The number of anilines is 1. The summed E-state index contributed by atoms with van der Waals surface area (Å²) >= 11 is 8.20. The minimum absolute atomic E-state index is 0.149. The molecule has 0 aromatic heterocycles. The number of nitrogens with two attached hydrogens (primary N) is 1. The van der Waals surface area contributed by atoms with Gasteiger partial charge in [-0.2, -0.15) is 0 Å². The minimum atomic E-state index is -0.587. The Kier molecular flexibility index (Phi) is 3.98. The van der Waals surface area contributed by atoms with Crippen molar-refractivity contribution in [3.05, 3.63) is 22.7 Å². The van der Waals surface area contributed by atoms with E-state index in [0.717, 1.165) is 22.1 Å². The average molecular weight is 311 g/mol. The molecule has 1 heterocycles. The molecule has 1 fully saturated rings. The fraction of sp³-hybridized carbons (Fsp3) is 0.533. The lowest BCUT2D eigenvalue weighted by molar-refractivity contribution is -0.116. The number of hydrogen-bond donors (Lipinski definition) is 2. The highest BCUT2D eigenvalue weighted by atomic mass is 35.5. The van der Waals surface area contributed by atoms with Crippen molar-refractivity contribution < 1.29 is 4.79 Å². The molecule has 0 radical (unpaired) electrons. The van der Waals surface area contributed by atoms with Crippen LogP contribution in [0.1, 0.15) is 44.2 Å². The first-order chi connectivity index (χ1) is 9.54. The van der Waals surface area contributed by atoms with Gasteiger partial charge in [0.25, 0.3) is 0 Å². The summed E-state index contributed by atoms with van der Waals surface area (Å²) in [6.45, 7) is 2.32. The molecule has 5 heteroatoms. The molecule has 2 aliphatic rings. The van der Waals surface area contributed by atoms with Gasteiger partial charge in [-0.1, -0.05) is 31.4 Å². The molecule has 3 atom stereocenters. The maximum Gasteiger partial charge on any atom is 0.245 e. The normalized spacial score (nSPS) is 29.1. The molecular formula is C15H19ClN2OS. The van der Waals surface area contributed by atoms with Crippen LogP contribution in [-0.2, 0) is 4.79 Å². The summed E-state index contributed by atoms with van der Waals surface area (Å²) in [5.74, 6) is 0.645. The molecule has 1 saturated carbocycles. The largest absolute Gasteiger partial charge is 0.324 e. The highest BCUT2D eigenvalue weighted by Crippen LogP contribution is 2.42. The van der Waals surface area contributed by atoms with Crippen LogP contribution in [0.4, 0.5) is 5.69 Å². The second kappa shape index (κ2) is 5.58. The summed E-state index contributed by atoms with van der Waals surface area (Å²) in [7, 11) is 0. The zero-order chi connectivity index (χ0) is 14.3. The molecule has 1 aromatic rings. The number of nitrogens with one attached hydrogen (secondary N) is 1. The zero-order valence-corrected chi connectivity index (χ0v) is 13.1. The molecule has 1 amide bonds. The van der Waals surface area contributed by atoms with Gasteiger partial charge in [0.1, 0.15) is 6.04 Å². The van der Waals surface area contributed by atoms with Crippen LogP contribution in [0, 0.1) is 5.92 Å². The summed E-state index contributed by atoms with van der Waals surface area (Å²) in [5.41, 5.74) is 7.46. The minimum Gasteiger partial charge on any atom is -0.324 e. The third-order valence-corrected chi connectivity index (χ3v) is 5.94. The Morgan fingerprint density at radius 3 is 2.95 bits per heavy atom. The molecular weight excluding hydrogens is 292 g/mol. The number of halogens is 1. The van der Waals surface area contributed by atoms with Gasteiger partial charge in [-0.25, -0.2) is 0 Å².